The van der Waals surface area contributed by atoms with Gasteiger partial charge in [-0.15, -0.1) is 0 Å². The highest BCUT2D eigenvalue weighted by Gasteiger charge is 2.35. The number of aliphatic hydroxyl groups is 1. The van der Waals surface area contributed by atoms with Gasteiger partial charge in [-0.05, 0) is 40.0 Å². The van der Waals surface area contributed by atoms with Crippen molar-refractivity contribution in [3.05, 3.63) is 0 Å². The number of rotatable bonds is 6. The van der Waals surface area contributed by atoms with E-state index in [9.17, 15) is 9.90 Å². The first-order chi connectivity index (χ1) is 9.68. The summed E-state index contributed by atoms with van der Waals surface area (Å²) in [6.07, 6.45) is 4.41. The maximum absolute atomic E-state index is 12.0. The maximum Gasteiger partial charge on any atom is 0.315 e. The van der Waals surface area contributed by atoms with Gasteiger partial charge in [-0.2, -0.15) is 0 Å². The van der Waals surface area contributed by atoms with E-state index in [-0.39, 0.29) is 29.2 Å². The minimum absolute atomic E-state index is 0.0315. The van der Waals surface area contributed by atoms with Crippen molar-refractivity contribution in [2.45, 2.75) is 77.5 Å². The second-order valence-electron chi connectivity index (χ2n) is 7.31. The molecular formula is C16H32N2O3. The van der Waals surface area contributed by atoms with Crippen molar-refractivity contribution in [1.29, 1.82) is 0 Å². The quantitative estimate of drug-likeness (QED) is 0.705. The summed E-state index contributed by atoms with van der Waals surface area (Å²) in [6, 6.07) is -0.141. The number of amides is 2. The Morgan fingerprint density at radius 1 is 1.48 bits per heavy atom. The zero-order valence-electron chi connectivity index (χ0n) is 14.2. The molecule has 0 saturated heterocycles. The van der Waals surface area contributed by atoms with Crippen molar-refractivity contribution < 1.29 is 14.6 Å². The number of hydrogen-bond acceptors (Lipinski definition) is 3. The highest BCUT2D eigenvalue weighted by atomic mass is 16.5. The van der Waals surface area contributed by atoms with Gasteiger partial charge in [0.25, 0.3) is 0 Å². The molecule has 0 radical (unpaired) electrons. The van der Waals surface area contributed by atoms with Crippen LogP contribution in [0.1, 0.15) is 59.8 Å². The van der Waals surface area contributed by atoms with Crippen LogP contribution in [0.5, 0.6) is 0 Å². The molecule has 0 aromatic heterocycles. The minimum atomic E-state index is -0.323. The third kappa shape index (κ3) is 5.83. The molecular weight excluding hydrogens is 268 g/mol. The van der Waals surface area contributed by atoms with E-state index in [1.165, 1.54) is 0 Å². The zero-order chi connectivity index (χ0) is 16.1. The van der Waals surface area contributed by atoms with Gasteiger partial charge in [-0.25, -0.2) is 4.79 Å². The molecule has 1 saturated carbocycles. The maximum atomic E-state index is 12.0. The van der Waals surface area contributed by atoms with Gasteiger partial charge in [0.2, 0.25) is 0 Å². The van der Waals surface area contributed by atoms with E-state index in [4.69, 9.17) is 4.74 Å². The Bertz CT molecular complexity index is 346. The van der Waals surface area contributed by atoms with Crippen LogP contribution < -0.4 is 10.6 Å². The van der Waals surface area contributed by atoms with Crippen LogP contribution in [0.15, 0.2) is 0 Å². The molecule has 2 amide bonds. The van der Waals surface area contributed by atoms with Gasteiger partial charge in [-0.3, -0.25) is 0 Å². The van der Waals surface area contributed by atoms with E-state index < -0.39 is 0 Å². The Morgan fingerprint density at radius 3 is 2.71 bits per heavy atom. The molecule has 3 atom stereocenters. The number of methoxy groups -OCH3 is 1. The largest absolute Gasteiger partial charge is 0.392 e. The highest BCUT2D eigenvalue weighted by molar-refractivity contribution is 5.74. The van der Waals surface area contributed by atoms with Gasteiger partial charge in [-0.1, -0.05) is 19.8 Å². The Labute approximate surface area is 128 Å². The summed E-state index contributed by atoms with van der Waals surface area (Å²) in [5.74, 6) is 0. The lowest BCUT2D eigenvalue weighted by atomic mass is 9.73. The van der Waals surface area contributed by atoms with Crippen LogP contribution in [0.4, 0.5) is 4.79 Å². The van der Waals surface area contributed by atoms with E-state index >= 15 is 0 Å². The lowest BCUT2D eigenvalue weighted by Crippen LogP contribution is -2.50. The van der Waals surface area contributed by atoms with Gasteiger partial charge >= 0.3 is 6.03 Å². The molecule has 0 aliphatic heterocycles. The summed E-state index contributed by atoms with van der Waals surface area (Å²) in [7, 11) is 1.68. The van der Waals surface area contributed by atoms with Crippen LogP contribution in [0.3, 0.4) is 0 Å². The van der Waals surface area contributed by atoms with E-state index in [1.807, 2.05) is 20.8 Å². The molecule has 0 aromatic rings. The summed E-state index contributed by atoms with van der Waals surface area (Å²) in [4.78, 5) is 12.0. The standard InChI is InChI=1S/C16H32N2O3/c1-12(10-15(2,3)21-5)18-14(20)17-11-16(4)9-7-6-8-13(16)19/h12-13,19H,6-11H2,1-5H3,(H2,17,18,20). The van der Waals surface area contributed by atoms with Crippen molar-refractivity contribution in [1.82, 2.24) is 10.6 Å². The fourth-order valence-corrected chi connectivity index (χ4v) is 3.02. The number of nitrogens with one attached hydrogen (secondary N) is 2. The molecule has 0 aromatic carbocycles. The molecule has 1 fully saturated rings. The fourth-order valence-electron chi connectivity index (χ4n) is 3.02. The van der Waals surface area contributed by atoms with Gasteiger partial charge in [0, 0.05) is 25.1 Å². The number of ether oxygens (including phenoxy) is 1. The van der Waals surface area contributed by atoms with Crippen LogP contribution in [-0.2, 0) is 4.74 Å². The molecule has 3 unspecified atom stereocenters. The predicted molar refractivity (Wildman–Crippen MR) is 84.3 cm³/mol. The van der Waals surface area contributed by atoms with E-state index in [0.29, 0.717) is 6.54 Å². The van der Waals surface area contributed by atoms with Crippen LogP contribution in [-0.4, -0.2) is 42.5 Å². The number of hydrogen-bond donors (Lipinski definition) is 3. The molecule has 0 heterocycles. The molecule has 1 aliphatic carbocycles. The smallest absolute Gasteiger partial charge is 0.315 e. The lowest BCUT2D eigenvalue weighted by Gasteiger charge is -2.38. The van der Waals surface area contributed by atoms with Crippen LogP contribution in [0.25, 0.3) is 0 Å². The third-order valence-corrected chi connectivity index (χ3v) is 4.66. The number of urea groups is 1. The Hall–Kier alpha value is -0.810. The minimum Gasteiger partial charge on any atom is -0.392 e. The molecule has 1 aliphatic rings. The van der Waals surface area contributed by atoms with Crippen LogP contribution >= 0.6 is 0 Å². The fraction of sp³-hybridized carbons (Fsp3) is 0.938. The summed E-state index contributed by atoms with van der Waals surface area (Å²) < 4.78 is 5.37. The lowest BCUT2D eigenvalue weighted by molar-refractivity contribution is 0.00249. The van der Waals surface area contributed by atoms with Gasteiger partial charge in [0.1, 0.15) is 0 Å². The monoisotopic (exact) mass is 300 g/mol. The number of carbonyl (C=O) groups excluding carboxylic acids is 1. The summed E-state index contributed by atoms with van der Waals surface area (Å²) in [5.41, 5.74) is -0.455. The van der Waals surface area contributed by atoms with Gasteiger partial charge in [0.05, 0.1) is 11.7 Å². The number of carbonyl (C=O) groups is 1. The van der Waals surface area contributed by atoms with E-state index in [2.05, 4.69) is 17.6 Å². The molecule has 1 rings (SSSR count). The zero-order valence-corrected chi connectivity index (χ0v) is 14.2. The second kappa shape index (κ2) is 7.45. The van der Waals surface area contributed by atoms with Crippen molar-refractivity contribution in [3.63, 3.8) is 0 Å². The molecule has 124 valence electrons. The average Bonchev–Trinajstić information content (AvgIpc) is 2.39. The normalized spacial score (nSPS) is 28.0. The Kier molecular flexibility index (Phi) is 6.47. The SMILES string of the molecule is COC(C)(C)CC(C)NC(=O)NCC1(C)CCCCC1O. The molecule has 0 spiro atoms. The average molecular weight is 300 g/mol. The van der Waals surface area contributed by atoms with Crippen LogP contribution in [0, 0.1) is 5.41 Å². The summed E-state index contributed by atoms with van der Waals surface area (Å²) in [6.45, 7) is 8.54. The Morgan fingerprint density at radius 2 is 2.14 bits per heavy atom. The molecule has 21 heavy (non-hydrogen) atoms. The first-order valence-electron chi connectivity index (χ1n) is 7.96. The van der Waals surface area contributed by atoms with Crippen molar-refractivity contribution in [3.8, 4) is 0 Å². The highest BCUT2D eigenvalue weighted by Crippen LogP contribution is 2.35. The van der Waals surface area contributed by atoms with Gasteiger partial charge in [0.15, 0.2) is 0 Å². The van der Waals surface area contributed by atoms with Crippen LogP contribution in [0.2, 0.25) is 0 Å². The second-order valence-corrected chi connectivity index (χ2v) is 7.31. The first-order valence-corrected chi connectivity index (χ1v) is 7.96. The molecule has 3 N–H and O–H groups in total. The predicted octanol–water partition coefficient (Wildman–Crippen LogP) is 2.43. The van der Waals surface area contributed by atoms with Gasteiger partial charge < -0.3 is 20.5 Å². The van der Waals surface area contributed by atoms with E-state index in [1.54, 1.807) is 7.11 Å². The van der Waals surface area contributed by atoms with Crippen molar-refractivity contribution in [2.75, 3.05) is 13.7 Å². The third-order valence-electron chi connectivity index (χ3n) is 4.66. The first kappa shape index (κ1) is 18.2. The molecule has 0 bridgehead atoms. The van der Waals surface area contributed by atoms with E-state index in [0.717, 1.165) is 32.1 Å². The molecule has 5 nitrogen and oxygen atoms in total. The number of aliphatic hydroxyl groups excluding tert-OH is 1. The summed E-state index contributed by atoms with van der Waals surface area (Å²) in [5, 5.41) is 16.0. The summed E-state index contributed by atoms with van der Waals surface area (Å²) >= 11 is 0. The van der Waals surface area contributed by atoms with Crippen molar-refractivity contribution >= 4 is 6.03 Å². The molecule has 5 heteroatoms. The van der Waals surface area contributed by atoms with Crippen molar-refractivity contribution in [2.24, 2.45) is 5.41 Å². The Balaban J connectivity index is 2.37. The topological polar surface area (TPSA) is 70.6 Å².